The summed E-state index contributed by atoms with van der Waals surface area (Å²) in [4.78, 5) is 5.46. The average Bonchev–Trinajstić information content (AvgIpc) is 2.57. The topological polar surface area (TPSA) is 38.4 Å². The van der Waals surface area contributed by atoms with Crippen LogP contribution in [0.5, 0.6) is 0 Å². The van der Waals surface area contributed by atoms with Crippen molar-refractivity contribution < 1.29 is 0 Å². The van der Waals surface area contributed by atoms with Gasteiger partial charge in [-0.1, -0.05) is 80.2 Å². The summed E-state index contributed by atoms with van der Waals surface area (Å²) in [5.41, 5.74) is 6.67. The summed E-state index contributed by atoms with van der Waals surface area (Å²) in [5.74, 6) is 0. The molecule has 0 spiro atoms. The highest BCUT2D eigenvalue weighted by molar-refractivity contribution is 8.14. The molecule has 0 amide bonds. The van der Waals surface area contributed by atoms with Crippen molar-refractivity contribution in [1.82, 2.24) is 0 Å². The molecule has 0 aliphatic heterocycles. The Balaban J connectivity index is 0.00000106. The van der Waals surface area contributed by atoms with Crippen molar-refractivity contribution in [2.45, 2.75) is 18.7 Å². The third-order valence-corrected chi connectivity index (χ3v) is 3.41. The van der Waals surface area contributed by atoms with Crippen LogP contribution in [-0.4, -0.2) is 11.7 Å². The molecule has 0 aliphatic rings. The smallest absolute Gasteiger partial charge is 0.0968 e. The molecule has 2 rings (SSSR count). The number of benzene rings is 2. The molecule has 2 nitrogen and oxygen atoms in total. The van der Waals surface area contributed by atoms with Gasteiger partial charge in [-0.05, 0) is 23.8 Å². The fraction of sp³-hybridized carbons (Fsp3) is 0.167. The Labute approximate surface area is 131 Å². The number of hydrogen-bond donors (Lipinski definition) is 1. The molecule has 0 bridgehead atoms. The van der Waals surface area contributed by atoms with Crippen molar-refractivity contribution in [2.24, 2.45) is 10.7 Å². The molecule has 2 aromatic rings. The van der Waals surface area contributed by atoms with E-state index in [0.717, 1.165) is 15.5 Å². The lowest BCUT2D eigenvalue weighted by Crippen LogP contribution is -1.98. The monoisotopic (exact) mass is 298 g/mol. The average molecular weight is 298 g/mol. The van der Waals surface area contributed by atoms with Crippen LogP contribution in [-0.2, 0) is 0 Å². The Morgan fingerprint density at radius 2 is 1.57 bits per heavy atom. The van der Waals surface area contributed by atoms with E-state index in [1.54, 1.807) is 11.8 Å². The van der Waals surface area contributed by atoms with Crippen molar-refractivity contribution in [3.8, 4) is 0 Å². The van der Waals surface area contributed by atoms with E-state index in [0.29, 0.717) is 6.67 Å². The highest BCUT2D eigenvalue weighted by Crippen LogP contribution is 2.20. The summed E-state index contributed by atoms with van der Waals surface area (Å²) in [6.07, 6.45) is 4.05. The van der Waals surface area contributed by atoms with Crippen LogP contribution in [0.2, 0.25) is 0 Å². The number of hydrogen-bond acceptors (Lipinski definition) is 3. The zero-order valence-electron chi connectivity index (χ0n) is 12.6. The molecule has 0 unspecified atom stereocenters. The number of nitrogens with two attached hydrogens (primary N) is 1. The first-order valence-corrected chi connectivity index (χ1v) is 7.90. The van der Waals surface area contributed by atoms with Gasteiger partial charge in [0.25, 0.3) is 0 Å². The maximum atomic E-state index is 5.52. The Bertz CT molecular complexity index is 548. The lowest BCUT2D eigenvalue weighted by atomic mass is 10.2. The summed E-state index contributed by atoms with van der Waals surface area (Å²) in [5, 5.41) is 0.914. The van der Waals surface area contributed by atoms with Crippen LogP contribution >= 0.6 is 11.8 Å². The molecular formula is C18H22N2S. The molecule has 0 heterocycles. The van der Waals surface area contributed by atoms with Crippen molar-refractivity contribution in [3.05, 3.63) is 72.3 Å². The molecule has 2 N–H and O–H groups in total. The molecule has 0 aliphatic carbocycles. The molecule has 2 aromatic carbocycles. The van der Waals surface area contributed by atoms with Gasteiger partial charge in [-0.3, -0.25) is 4.99 Å². The van der Waals surface area contributed by atoms with Gasteiger partial charge in [-0.15, -0.1) is 0 Å². The number of rotatable bonds is 4. The first-order chi connectivity index (χ1) is 10.4. The third kappa shape index (κ3) is 6.93. The predicted molar refractivity (Wildman–Crippen MR) is 95.6 cm³/mol. The van der Waals surface area contributed by atoms with Crippen LogP contribution in [0.15, 0.2) is 76.6 Å². The van der Waals surface area contributed by atoms with Crippen LogP contribution in [0.1, 0.15) is 19.4 Å². The minimum Gasteiger partial charge on any atom is -0.312 e. The van der Waals surface area contributed by atoms with E-state index in [1.165, 1.54) is 0 Å². The number of aliphatic imine (C=N–C) groups is 1. The minimum absolute atomic E-state index is 0.300. The molecule has 0 fully saturated rings. The van der Waals surface area contributed by atoms with Gasteiger partial charge in [0, 0.05) is 4.90 Å². The van der Waals surface area contributed by atoms with E-state index in [-0.39, 0.29) is 0 Å². The fourth-order valence-corrected chi connectivity index (χ4v) is 2.36. The molecule has 0 saturated carbocycles. The van der Waals surface area contributed by atoms with Crippen molar-refractivity contribution in [2.75, 3.05) is 6.67 Å². The van der Waals surface area contributed by atoms with E-state index < -0.39 is 0 Å². The minimum atomic E-state index is 0.300. The maximum absolute atomic E-state index is 5.52. The molecule has 0 radical (unpaired) electrons. The van der Waals surface area contributed by atoms with E-state index in [1.807, 2.05) is 62.4 Å². The van der Waals surface area contributed by atoms with Gasteiger partial charge in [0.1, 0.15) is 0 Å². The lowest BCUT2D eigenvalue weighted by Gasteiger charge is -2.01. The van der Waals surface area contributed by atoms with Gasteiger partial charge in [0.2, 0.25) is 0 Å². The number of nitrogens with zero attached hydrogens (tertiary/aromatic N) is 1. The van der Waals surface area contributed by atoms with Crippen LogP contribution in [0, 0.1) is 0 Å². The van der Waals surface area contributed by atoms with Gasteiger partial charge in [0.05, 0.1) is 11.7 Å². The molecular weight excluding hydrogens is 276 g/mol. The zero-order valence-corrected chi connectivity index (χ0v) is 13.4. The summed E-state index contributed by atoms with van der Waals surface area (Å²) in [7, 11) is 0. The first-order valence-electron chi connectivity index (χ1n) is 7.09. The maximum Gasteiger partial charge on any atom is 0.0968 e. The van der Waals surface area contributed by atoms with Crippen LogP contribution < -0.4 is 5.73 Å². The summed E-state index contributed by atoms with van der Waals surface area (Å²) >= 11 is 1.62. The Hall–Kier alpha value is -1.84. The molecule has 21 heavy (non-hydrogen) atoms. The highest BCUT2D eigenvalue weighted by atomic mass is 32.2. The Morgan fingerprint density at radius 1 is 1.00 bits per heavy atom. The normalized spacial score (nSPS) is 11.1. The molecule has 0 aromatic heterocycles. The van der Waals surface area contributed by atoms with E-state index in [2.05, 4.69) is 29.3 Å². The second-order valence-corrected chi connectivity index (χ2v) is 4.93. The van der Waals surface area contributed by atoms with Gasteiger partial charge in [-0.2, -0.15) is 0 Å². The largest absolute Gasteiger partial charge is 0.312 e. The lowest BCUT2D eigenvalue weighted by molar-refractivity contribution is 1.08. The van der Waals surface area contributed by atoms with E-state index >= 15 is 0 Å². The molecule has 3 heteroatoms. The second-order valence-electron chi connectivity index (χ2n) is 3.84. The quantitative estimate of drug-likeness (QED) is 0.498. The van der Waals surface area contributed by atoms with E-state index in [4.69, 9.17) is 5.73 Å². The van der Waals surface area contributed by atoms with Gasteiger partial charge in [0.15, 0.2) is 0 Å². The SMILES string of the molecule is CC.NC/N=C(\C=C\c1ccccc1)Sc1ccccc1. The fourth-order valence-electron chi connectivity index (χ4n) is 1.55. The highest BCUT2D eigenvalue weighted by Gasteiger charge is 1.98. The van der Waals surface area contributed by atoms with Crippen LogP contribution in [0.25, 0.3) is 6.08 Å². The van der Waals surface area contributed by atoms with Gasteiger partial charge in [-0.25, -0.2) is 0 Å². The summed E-state index contributed by atoms with van der Waals surface area (Å²) < 4.78 is 0. The van der Waals surface area contributed by atoms with Crippen molar-refractivity contribution in [1.29, 1.82) is 0 Å². The van der Waals surface area contributed by atoms with Crippen LogP contribution in [0.3, 0.4) is 0 Å². The second kappa shape index (κ2) is 10.9. The predicted octanol–water partition coefficient (Wildman–Crippen LogP) is 4.83. The number of thioether (sulfide) groups is 1. The van der Waals surface area contributed by atoms with Gasteiger partial charge >= 0.3 is 0 Å². The van der Waals surface area contributed by atoms with Crippen molar-refractivity contribution in [3.63, 3.8) is 0 Å². The van der Waals surface area contributed by atoms with Crippen LogP contribution in [0.4, 0.5) is 0 Å². The molecule has 110 valence electrons. The summed E-state index contributed by atoms with van der Waals surface area (Å²) in [6.45, 7) is 4.30. The standard InChI is InChI=1S/C16H16N2S.C2H6/c17-13-18-16(19-15-9-5-2-6-10-15)12-11-14-7-3-1-4-8-14;1-2/h1-12H,13,17H2;1-2H3/b12-11+,18-16+;. The Kier molecular flexibility index (Phi) is 8.93. The first kappa shape index (κ1) is 17.2. The molecule has 0 saturated heterocycles. The zero-order chi connectivity index (χ0) is 15.3. The van der Waals surface area contributed by atoms with Crippen molar-refractivity contribution >= 4 is 22.9 Å². The summed E-state index contributed by atoms with van der Waals surface area (Å²) in [6, 6.07) is 20.3. The molecule has 0 atom stereocenters. The van der Waals surface area contributed by atoms with Gasteiger partial charge < -0.3 is 5.73 Å². The Morgan fingerprint density at radius 3 is 2.14 bits per heavy atom. The third-order valence-electron chi connectivity index (χ3n) is 2.43. The van der Waals surface area contributed by atoms with E-state index in [9.17, 15) is 0 Å².